The molecule has 0 saturated heterocycles. The van der Waals surface area contributed by atoms with E-state index in [9.17, 15) is 4.79 Å². The highest BCUT2D eigenvalue weighted by molar-refractivity contribution is 6.33. The van der Waals surface area contributed by atoms with Gasteiger partial charge in [0.2, 0.25) is 5.75 Å². The fourth-order valence-electron chi connectivity index (χ4n) is 5.57. The zero-order valence-electron chi connectivity index (χ0n) is 21.8. The van der Waals surface area contributed by atoms with Crippen LogP contribution in [-0.2, 0) is 4.74 Å². The number of hydrogen-bond donors (Lipinski definition) is 1. The van der Waals surface area contributed by atoms with Gasteiger partial charge in [-0.25, -0.2) is 0 Å². The minimum atomic E-state index is 0.0391. The summed E-state index contributed by atoms with van der Waals surface area (Å²) in [6.45, 7) is 2.13. The Bertz CT molecular complexity index is 802. The molecule has 1 aliphatic carbocycles. The van der Waals surface area contributed by atoms with Gasteiger partial charge in [0.25, 0.3) is 0 Å². The van der Waals surface area contributed by atoms with Gasteiger partial charge in [-0.1, -0.05) is 37.3 Å². The normalized spacial score (nSPS) is 22.0. The number of carbonyl (C=O) groups excluding carboxylic acids is 1. The summed E-state index contributed by atoms with van der Waals surface area (Å²) in [6.07, 6.45) is 13.5. The van der Waals surface area contributed by atoms with Crippen molar-refractivity contribution in [2.24, 2.45) is 11.8 Å². The maximum absolute atomic E-state index is 13.2. The molecule has 0 bridgehead atoms. The van der Waals surface area contributed by atoms with Crippen molar-refractivity contribution in [3.05, 3.63) is 16.7 Å². The third-order valence-electron chi connectivity index (χ3n) is 7.54. The predicted octanol–water partition coefficient (Wildman–Crippen LogP) is 6.46. The number of ether oxygens (including phenoxy) is 4. The van der Waals surface area contributed by atoms with E-state index in [1.54, 1.807) is 13.2 Å². The molecule has 1 aliphatic heterocycles. The SMILES string of the molecule is CNCCCCCCC1CCC(CCCC(=O)c2cc(Cl)c(OC)c3c2OCCCO3)C(OC)C1. The van der Waals surface area contributed by atoms with Gasteiger partial charge in [0.05, 0.1) is 37.0 Å². The number of nitrogens with one attached hydrogen (secondary N) is 1. The molecule has 198 valence electrons. The van der Waals surface area contributed by atoms with Crippen molar-refractivity contribution in [2.45, 2.75) is 83.2 Å². The molecule has 3 atom stereocenters. The van der Waals surface area contributed by atoms with Crippen molar-refractivity contribution in [1.82, 2.24) is 5.32 Å². The molecule has 1 aromatic carbocycles. The second-order valence-corrected chi connectivity index (χ2v) is 10.4. The Balaban J connectivity index is 1.49. The van der Waals surface area contributed by atoms with E-state index in [2.05, 4.69) is 5.32 Å². The fraction of sp³-hybridized carbons (Fsp3) is 0.750. The van der Waals surface area contributed by atoms with E-state index < -0.39 is 0 Å². The summed E-state index contributed by atoms with van der Waals surface area (Å²) in [5.74, 6) is 2.68. The van der Waals surface area contributed by atoms with Crippen molar-refractivity contribution < 1.29 is 23.7 Å². The van der Waals surface area contributed by atoms with Crippen molar-refractivity contribution in [3.63, 3.8) is 0 Å². The van der Waals surface area contributed by atoms with Crippen LogP contribution in [0.5, 0.6) is 17.2 Å². The molecule has 0 aromatic heterocycles. The Labute approximate surface area is 216 Å². The number of rotatable bonds is 14. The van der Waals surface area contributed by atoms with Crippen LogP contribution >= 0.6 is 11.6 Å². The number of ketones is 1. The van der Waals surface area contributed by atoms with E-state index in [0.29, 0.717) is 59.5 Å². The monoisotopic (exact) mass is 509 g/mol. The van der Waals surface area contributed by atoms with Crippen molar-refractivity contribution in [3.8, 4) is 17.2 Å². The topological polar surface area (TPSA) is 66.0 Å². The number of methoxy groups -OCH3 is 2. The number of hydrogen-bond acceptors (Lipinski definition) is 6. The van der Waals surface area contributed by atoms with Gasteiger partial charge in [0, 0.05) is 20.0 Å². The Kier molecular flexibility index (Phi) is 12.0. The van der Waals surface area contributed by atoms with Crippen LogP contribution in [0.15, 0.2) is 6.07 Å². The van der Waals surface area contributed by atoms with Gasteiger partial charge in [-0.15, -0.1) is 0 Å². The maximum Gasteiger partial charge on any atom is 0.205 e. The lowest BCUT2D eigenvalue weighted by Gasteiger charge is -2.35. The van der Waals surface area contributed by atoms with Gasteiger partial charge < -0.3 is 24.3 Å². The van der Waals surface area contributed by atoms with E-state index in [1.165, 1.54) is 44.9 Å². The van der Waals surface area contributed by atoms with Crippen LogP contribution in [0.1, 0.15) is 87.4 Å². The van der Waals surface area contributed by atoms with Gasteiger partial charge in [0.1, 0.15) is 0 Å². The molecule has 3 unspecified atom stereocenters. The molecule has 7 heteroatoms. The quantitative estimate of drug-likeness (QED) is 0.229. The molecule has 1 saturated carbocycles. The molecular weight excluding hydrogens is 466 g/mol. The zero-order chi connectivity index (χ0) is 25.0. The summed E-state index contributed by atoms with van der Waals surface area (Å²) < 4.78 is 23.0. The van der Waals surface area contributed by atoms with Crippen molar-refractivity contribution >= 4 is 17.4 Å². The van der Waals surface area contributed by atoms with E-state index in [4.69, 9.17) is 30.5 Å². The lowest BCUT2D eigenvalue weighted by Crippen LogP contribution is -2.31. The molecule has 1 N–H and O–H groups in total. The van der Waals surface area contributed by atoms with Gasteiger partial charge in [-0.2, -0.15) is 0 Å². The summed E-state index contributed by atoms with van der Waals surface area (Å²) >= 11 is 6.41. The molecule has 0 spiro atoms. The molecule has 2 aliphatic rings. The summed E-state index contributed by atoms with van der Waals surface area (Å²) in [5.41, 5.74) is 0.495. The van der Waals surface area contributed by atoms with Gasteiger partial charge in [-0.3, -0.25) is 4.79 Å². The van der Waals surface area contributed by atoms with E-state index in [0.717, 1.165) is 38.1 Å². The number of halogens is 1. The van der Waals surface area contributed by atoms with Crippen LogP contribution in [0, 0.1) is 11.8 Å². The summed E-state index contributed by atoms with van der Waals surface area (Å²) in [6, 6.07) is 1.66. The van der Waals surface area contributed by atoms with Crippen LogP contribution < -0.4 is 19.5 Å². The third-order valence-corrected chi connectivity index (χ3v) is 7.82. The smallest absolute Gasteiger partial charge is 0.205 e. The lowest BCUT2D eigenvalue weighted by molar-refractivity contribution is -0.00100. The molecule has 6 nitrogen and oxygen atoms in total. The summed E-state index contributed by atoms with van der Waals surface area (Å²) in [7, 11) is 5.41. The average molecular weight is 510 g/mol. The first-order valence-electron chi connectivity index (χ1n) is 13.5. The van der Waals surface area contributed by atoms with Gasteiger partial charge in [-0.05, 0) is 70.0 Å². The minimum absolute atomic E-state index is 0.0391. The Morgan fingerprint density at radius 2 is 1.83 bits per heavy atom. The molecule has 1 heterocycles. The summed E-state index contributed by atoms with van der Waals surface area (Å²) in [5, 5.41) is 3.60. The largest absolute Gasteiger partial charge is 0.491 e. The van der Waals surface area contributed by atoms with E-state index >= 15 is 0 Å². The second-order valence-electron chi connectivity index (χ2n) is 9.98. The molecule has 35 heavy (non-hydrogen) atoms. The van der Waals surface area contributed by atoms with Crippen molar-refractivity contribution in [1.29, 1.82) is 0 Å². The molecule has 0 amide bonds. The highest BCUT2D eigenvalue weighted by atomic mass is 35.5. The first kappa shape index (κ1) is 28.1. The fourth-order valence-corrected chi connectivity index (χ4v) is 5.85. The van der Waals surface area contributed by atoms with Gasteiger partial charge in [0.15, 0.2) is 17.3 Å². The van der Waals surface area contributed by atoms with Crippen LogP contribution in [0.2, 0.25) is 5.02 Å². The third kappa shape index (κ3) is 7.99. The predicted molar refractivity (Wildman–Crippen MR) is 140 cm³/mol. The van der Waals surface area contributed by atoms with Crippen LogP contribution in [0.3, 0.4) is 0 Å². The van der Waals surface area contributed by atoms with E-state index in [1.807, 2.05) is 14.2 Å². The summed E-state index contributed by atoms with van der Waals surface area (Å²) in [4.78, 5) is 13.2. The second kappa shape index (κ2) is 14.9. The molecule has 1 fully saturated rings. The zero-order valence-corrected chi connectivity index (χ0v) is 22.6. The average Bonchev–Trinajstić information content (AvgIpc) is 3.12. The molecule has 0 radical (unpaired) electrons. The highest BCUT2D eigenvalue weighted by Crippen LogP contribution is 2.46. The van der Waals surface area contributed by atoms with Crippen LogP contribution in [0.4, 0.5) is 0 Å². The lowest BCUT2D eigenvalue weighted by atomic mass is 9.75. The number of unbranched alkanes of at least 4 members (excludes halogenated alkanes) is 3. The van der Waals surface area contributed by atoms with Crippen LogP contribution in [0.25, 0.3) is 0 Å². The number of fused-ring (bicyclic) bond motifs is 1. The molecular formula is C28H44ClNO5. The molecule has 3 rings (SSSR count). The van der Waals surface area contributed by atoms with E-state index in [-0.39, 0.29) is 5.78 Å². The Morgan fingerprint density at radius 1 is 1.06 bits per heavy atom. The first-order chi connectivity index (χ1) is 17.1. The Morgan fingerprint density at radius 3 is 2.57 bits per heavy atom. The van der Waals surface area contributed by atoms with Gasteiger partial charge >= 0.3 is 0 Å². The maximum atomic E-state index is 13.2. The highest BCUT2D eigenvalue weighted by Gasteiger charge is 2.31. The molecule has 1 aromatic rings. The standard InChI is InChI=1S/C28H44ClNO5/c1-30-15-7-5-4-6-10-20-13-14-21(25(18-20)32-2)11-8-12-24(31)22-19-23(29)27(33-3)28-26(22)34-16-9-17-35-28/h19-21,25,30H,4-18H2,1-3H3. The number of benzene rings is 1. The Hall–Kier alpha value is -1.50. The van der Waals surface area contributed by atoms with Crippen molar-refractivity contribution in [2.75, 3.05) is 41.0 Å². The number of Topliss-reactive ketones (excluding diaryl/α,β-unsaturated/α-hetero) is 1. The minimum Gasteiger partial charge on any atom is -0.491 e. The first-order valence-corrected chi connectivity index (χ1v) is 13.8. The number of carbonyl (C=O) groups is 1. The van der Waals surface area contributed by atoms with Crippen LogP contribution in [-0.4, -0.2) is 52.9 Å².